The number of rotatable bonds is 28. The molecule has 1 nitrogen and oxygen atoms in total. The highest BCUT2D eigenvalue weighted by molar-refractivity contribution is 4.73. The molecule has 0 aliphatic carbocycles. The third-order valence-corrected chi connectivity index (χ3v) is 9.03. The highest BCUT2D eigenvalue weighted by atomic mass is 16.5. The van der Waals surface area contributed by atoms with Gasteiger partial charge in [0.1, 0.15) is 0 Å². The Hall–Kier alpha value is -0.0400. The minimum Gasteiger partial charge on any atom is -0.375 e. The maximum atomic E-state index is 7.13. The molecule has 0 N–H and O–H groups in total. The van der Waals surface area contributed by atoms with Crippen molar-refractivity contribution in [3.05, 3.63) is 0 Å². The van der Waals surface area contributed by atoms with E-state index in [1.807, 2.05) is 0 Å². The van der Waals surface area contributed by atoms with E-state index in [9.17, 15) is 0 Å². The molecular weight excluding hydrogens is 496 g/mol. The molecule has 0 heterocycles. The van der Waals surface area contributed by atoms with E-state index in [1.54, 1.807) is 0 Å². The van der Waals surface area contributed by atoms with E-state index < -0.39 is 0 Å². The molecule has 4 atom stereocenters. The van der Waals surface area contributed by atoms with E-state index >= 15 is 0 Å². The van der Waals surface area contributed by atoms with E-state index in [-0.39, 0.29) is 0 Å². The molecule has 0 spiro atoms. The quantitative estimate of drug-likeness (QED) is 0.0839. The molecule has 1 heteroatoms. The first-order chi connectivity index (χ1) is 19.4. The summed E-state index contributed by atoms with van der Waals surface area (Å²) in [4.78, 5) is 0. The van der Waals surface area contributed by atoms with Gasteiger partial charge in [-0.3, -0.25) is 0 Å². The Kier molecular flexibility index (Phi) is 25.3. The summed E-state index contributed by atoms with van der Waals surface area (Å²) in [6.07, 6.45) is 33.8. The van der Waals surface area contributed by atoms with Crippen molar-refractivity contribution in [2.75, 3.05) is 0 Å². The molecule has 0 saturated carbocycles. The summed E-state index contributed by atoms with van der Waals surface area (Å²) in [7, 11) is 0. The Bertz CT molecular complexity index is 490. The van der Waals surface area contributed by atoms with E-state index in [2.05, 4.69) is 69.2 Å². The predicted octanol–water partition coefficient (Wildman–Crippen LogP) is 14.5. The van der Waals surface area contributed by atoms with Crippen molar-refractivity contribution in [3.8, 4) is 0 Å². The van der Waals surface area contributed by atoms with Gasteiger partial charge in [-0.15, -0.1) is 0 Å². The first-order valence-corrected chi connectivity index (χ1v) is 19.0. The highest BCUT2D eigenvalue weighted by Crippen LogP contribution is 2.31. The molecule has 0 aliphatic rings. The van der Waals surface area contributed by atoms with Gasteiger partial charge in [-0.1, -0.05) is 172 Å². The largest absolute Gasteiger partial charge is 0.375 e. The standard InChI is InChI=1S/C40H82O/c1-11-13-15-17-19-21-23-25-27-37(31-29-35(3)33-39(5,6)7)41-38(32-30-36(4)34-40(8,9)10)28-26-24-22-20-18-16-14-12-2/h35-38H,11-34H2,1-10H3. The number of unbranched alkanes of at least 4 members (excludes halogenated alkanes) is 14. The Morgan fingerprint density at radius 3 is 0.976 bits per heavy atom. The van der Waals surface area contributed by atoms with Crippen LogP contribution >= 0.6 is 0 Å². The van der Waals surface area contributed by atoms with E-state index in [1.165, 1.54) is 154 Å². The minimum absolute atomic E-state index is 0.426. The Balaban J connectivity index is 5.01. The van der Waals surface area contributed by atoms with Crippen LogP contribution in [0.2, 0.25) is 0 Å². The van der Waals surface area contributed by atoms with Crippen LogP contribution < -0.4 is 0 Å². The fraction of sp³-hybridized carbons (Fsp3) is 1.00. The molecule has 0 radical (unpaired) electrons. The molecule has 0 aromatic heterocycles. The molecule has 0 aromatic carbocycles. The summed E-state index contributed by atoms with van der Waals surface area (Å²) in [6.45, 7) is 24.0. The van der Waals surface area contributed by atoms with Crippen LogP contribution in [0.3, 0.4) is 0 Å². The second kappa shape index (κ2) is 25.3. The molecule has 0 saturated heterocycles. The minimum atomic E-state index is 0.426. The lowest BCUT2D eigenvalue weighted by atomic mass is 9.83. The van der Waals surface area contributed by atoms with Gasteiger partial charge >= 0.3 is 0 Å². The summed E-state index contributed by atoms with van der Waals surface area (Å²) in [5.74, 6) is 1.58. The zero-order valence-corrected chi connectivity index (χ0v) is 30.7. The third-order valence-electron chi connectivity index (χ3n) is 9.03. The molecule has 0 rings (SSSR count). The van der Waals surface area contributed by atoms with Gasteiger partial charge < -0.3 is 4.74 Å². The monoisotopic (exact) mass is 579 g/mol. The van der Waals surface area contributed by atoms with E-state index in [4.69, 9.17) is 4.74 Å². The maximum Gasteiger partial charge on any atom is 0.0579 e. The van der Waals surface area contributed by atoms with Crippen LogP contribution in [-0.4, -0.2) is 12.2 Å². The number of hydrogen-bond donors (Lipinski definition) is 0. The first kappa shape index (κ1) is 41.0. The summed E-state index contributed by atoms with van der Waals surface area (Å²) >= 11 is 0. The SMILES string of the molecule is CCCCCCCCCCC(CCC(C)CC(C)(C)C)OC(CCCCCCCCCC)CCC(C)CC(C)(C)C. The highest BCUT2D eigenvalue weighted by Gasteiger charge is 2.22. The number of hydrogen-bond acceptors (Lipinski definition) is 1. The van der Waals surface area contributed by atoms with Crippen molar-refractivity contribution in [2.24, 2.45) is 22.7 Å². The van der Waals surface area contributed by atoms with Gasteiger partial charge in [0.25, 0.3) is 0 Å². The average Bonchev–Trinajstić information content (AvgIpc) is 2.86. The van der Waals surface area contributed by atoms with Gasteiger partial charge in [-0.25, -0.2) is 0 Å². The lowest BCUT2D eigenvalue weighted by molar-refractivity contribution is -0.0359. The van der Waals surface area contributed by atoms with Crippen molar-refractivity contribution >= 4 is 0 Å². The van der Waals surface area contributed by atoms with Gasteiger partial charge in [0.15, 0.2) is 0 Å². The fourth-order valence-electron chi connectivity index (χ4n) is 7.08. The zero-order chi connectivity index (χ0) is 31.0. The first-order valence-electron chi connectivity index (χ1n) is 19.0. The van der Waals surface area contributed by atoms with Crippen LogP contribution in [0.15, 0.2) is 0 Å². The van der Waals surface area contributed by atoms with E-state index in [0.29, 0.717) is 23.0 Å². The molecule has 0 fully saturated rings. The number of ether oxygens (including phenoxy) is 1. The Morgan fingerprint density at radius 1 is 0.390 bits per heavy atom. The van der Waals surface area contributed by atoms with Crippen LogP contribution in [0.25, 0.3) is 0 Å². The van der Waals surface area contributed by atoms with Crippen molar-refractivity contribution in [1.29, 1.82) is 0 Å². The van der Waals surface area contributed by atoms with Crippen LogP contribution in [-0.2, 0) is 4.74 Å². The summed E-state index contributed by atoms with van der Waals surface area (Å²) in [5.41, 5.74) is 0.853. The fourth-order valence-corrected chi connectivity index (χ4v) is 7.08. The second-order valence-electron chi connectivity index (χ2n) is 16.8. The predicted molar refractivity (Wildman–Crippen MR) is 188 cm³/mol. The smallest absolute Gasteiger partial charge is 0.0579 e. The molecule has 0 bridgehead atoms. The van der Waals surface area contributed by atoms with E-state index in [0.717, 1.165) is 11.8 Å². The van der Waals surface area contributed by atoms with Crippen molar-refractivity contribution < 1.29 is 4.74 Å². The second-order valence-corrected chi connectivity index (χ2v) is 16.8. The van der Waals surface area contributed by atoms with Crippen molar-refractivity contribution in [1.82, 2.24) is 0 Å². The summed E-state index contributed by atoms with van der Waals surface area (Å²) in [6, 6.07) is 0. The van der Waals surface area contributed by atoms with Crippen LogP contribution in [0.4, 0.5) is 0 Å². The zero-order valence-electron chi connectivity index (χ0n) is 30.7. The lowest BCUT2D eigenvalue weighted by Gasteiger charge is -2.29. The normalized spacial score (nSPS) is 15.7. The Labute approximate surface area is 262 Å². The summed E-state index contributed by atoms with van der Waals surface area (Å²) in [5, 5.41) is 0. The van der Waals surface area contributed by atoms with Gasteiger partial charge in [-0.05, 0) is 74.0 Å². The molecule has 4 unspecified atom stereocenters. The molecule has 0 aromatic rings. The van der Waals surface area contributed by atoms with Gasteiger partial charge in [0, 0.05) is 0 Å². The Morgan fingerprint density at radius 2 is 0.683 bits per heavy atom. The topological polar surface area (TPSA) is 9.23 Å². The lowest BCUT2D eigenvalue weighted by Crippen LogP contribution is -2.25. The molecule has 248 valence electrons. The van der Waals surface area contributed by atoms with Crippen molar-refractivity contribution in [2.45, 2.75) is 236 Å². The maximum absolute atomic E-state index is 7.13. The van der Waals surface area contributed by atoms with Crippen LogP contribution in [0.5, 0.6) is 0 Å². The molecule has 0 aliphatic heterocycles. The molecule has 41 heavy (non-hydrogen) atoms. The molecule has 0 amide bonds. The van der Waals surface area contributed by atoms with Crippen LogP contribution in [0.1, 0.15) is 223 Å². The van der Waals surface area contributed by atoms with Gasteiger partial charge in [0.2, 0.25) is 0 Å². The third kappa shape index (κ3) is 29.8. The van der Waals surface area contributed by atoms with Gasteiger partial charge in [-0.2, -0.15) is 0 Å². The van der Waals surface area contributed by atoms with Crippen molar-refractivity contribution in [3.63, 3.8) is 0 Å². The van der Waals surface area contributed by atoms with Gasteiger partial charge in [0.05, 0.1) is 12.2 Å². The molecular formula is C40H82O. The van der Waals surface area contributed by atoms with Crippen LogP contribution in [0, 0.1) is 22.7 Å². The average molecular weight is 579 g/mol. The summed E-state index contributed by atoms with van der Waals surface area (Å²) < 4.78 is 7.13.